The van der Waals surface area contributed by atoms with Crippen molar-refractivity contribution in [2.45, 2.75) is 57.8 Å². The van der Waals surface area contributed by atoms with Gasteiger partial charge >= 0.3 is 0 Å². The molecule has 31 heavy (non-hydrogen) atoms. The monoisotopic (exact) mass is 426 g/mol. The van der Waals surface area contributed by atoms with Crippen LogP contribution in [-0.2, 0) is 17.3 Å². The number of benzene rings is 2. The fraction of sp³-hybridized carbons (Fsp3) is 0.393. The van der Waals surface area contributed by atoms with Gasteiger partial charge in [0.15, 0.2) is 0 Å². The average Bonchev–Trinajstić information content (AvgIpc) is 3.15. The molecular weight excluding hydrogens is 396 g/mol. The second-order valence-electron chi connectivity index (χ2n) is 10.8. The van der Waals surface area contributed by atoms with Gasteiger partial charge in [0.05, 0.1) is 10.2 Å². The molecule has 0 N–H and O–H groups in total. The summed E-state index contributed by atoms with van der Waals surface area (Å²) in [6, 6.07) is 10.9. The molecule has 0 saturated carbocycles. The number of anilines is 1. The number of aromatic nitrogens is 1. The molecule has 2 aliphatic heterocycles. The Balaban J connectivity index is 1.61. The fourth-order valence-corrected chi connectivity index (χ4v) is 6.85. The molecule has 6 rings (SSSR count). The summed E-state index contributed by atoms with van der Waals surface area (Å²) in [5.41, 5.74) is 11.5. The van der Waals surface area contributed by atoms with Crippen LogP contribution >= 0.6 is 11.3 Å². The molecule has 0 fully saturated rings. The molecule has 3 heterocycles. The molecule has 3 heteroatoms. The van der Waals surface area contributed by atoms with E-state index in [1.165, 1.54) is 64.2 Å². The van der Waals surface area contributed by atoms with Crippen molar-refractivity contribution in [3.8, 4) is 0 Å². The zero-order valence-electron chi connectivity index (χ0n) is 19.0. The summed E-state index contributed by atoms with van der Waals surface area (Å²) in [5.74, 6) is 0. The predicted molar refractivity (Wildman–Crippen MR) is 134 cm³/mol. The maximum absolute atomic E-state index is 4.95. The van der Waals surface area contributed by atoms with E-state index in [9.17, 15) is 0 Å². The second kappa shape index (κ2) is 6.32. The SMILES string of the molecule is C=C1Cc2c(cc3c4c2C(C)(C)CCN4CCC3(C)C)C=C1c1nc2ccccc2s1. The Morgan fingerprint density at radius 1 is 1.03 bits per heavy atom. The van der Waals surface area contributed by atoms with Gasteiger partial charge in [0.1, 0.15) is 5.01 Å². The highest BCUT2D eigenvalue weighted by Crippen LogP contribution is 2.53. The number of allylic oxidation sites excluding steroid dienone is 2. The van der Waals surface area contributed by atoms with Gasteiger partial charge in [0.2, 0.25) is 0 Å². The molecule has 0 bridgehead atoms. The number of rotatable bonds is 1. The van der Waals surface area contributed by atoms with Crippen molar-refractivity contribution < 1.29 is 0 Å². The van der Waals surface area contributed by atoms with Crippen LogP contribution in [-0.4, -0.2) is 18.1 Å². The number of thiazole rings is 1. The molecule has 3 aliphatic rings. The smallest absolute Gasteiger partial charge is 0.124 e. The quantitative estimate of drug-likeness (QED) is 0.412. The van der Waals surface area contributed by atoms with Crippen molar-refractivity contribution in [3.05, 3.63) is 69.7 Å². The van der Waals surface area contributed by atoms with Crippen molar-refractivity contribution >= 4 is 38.9 Å². The standard InChI is InChI=1S/C28H30N2S/c1-17-14-20-18(15-19(17)26-29-22-8-6-7-9-23(22)31-26)16-21-25-24(20)28(4,5)11-13-30(25)12-10-27(21,2)3/h6-9,15-16H,1,10-14H2,2-5H3. The first kappa shape index (κ1) is 19.3. The minimum absolute atomic E-state index is 0.195. The number of fused-ring (bicyclic) bond motifs is 3. The summed E-state index contributed by atoms with van der Waals surface area (Å²) in [5, 5.41) is 1.10. The highest BCUT2D eigenvalue weighted by atomic mass is 32.1. The third-order valence-corrected chi connectivity index (χ3v) is 8.84. The van der Waals surface area contributed by atoms with E-state index < -0.39 is 0 Å². The lowest BCUT2D eigenvalue weighted by molar-refractivity contribution is 0.399. The molecule has 1 aliphatic carbocycles. The Morgan fingerprint density at radius 2 is 1.77 bits per heavy atom. The van der Waals surface area contributed by atoms with E-state index in [0.29, 0.717) is 0 Å². The van der Waals surface area contributed by atoms with Gasteiger partial charge in [-0.05, 0) is 82.2 Å². The van der Waals surface area contributed by atoms with Crippen molar-refractivity contribution in [1.29, 1.82) is 0 Å². The molecule has 0 atom stereocenters. The summed E-state index contributed by atoms with van der Waals surface area (Å²) in [7, 11) is 0. The van der Waals surface area contributed by atoms with Crippen LogP contribution in [0.3, 0.4) is 0 Å². The zero-order chi connectivity index (χ0) is 21.5. The molecule has 1 aromatic heterocycles. The molecule has 0 radical (unpaired) electrons. The Hall–Kier alpha value is -2.39. The van der Waals surface area contributed by atoms with Gasteiger partial charge in [-0.1, -0.05) is 46.4 Å². The van der Waals surface area contributed by atoms with Crippen LogP contribution in [0, 0.1) is 0 Å². The van der Waals surface area contributed by atoms with E-state index >= 15 is 0 Å². The third-order valence-electron chi connectivity index (χ3n) is 7.77. The van der Waals surface area contributed by atoms with Crippen molar-refractivity contribution in [1.82, 2.24) is 4.98 Å². The maximum Gasteiger partial charge on any atom is 0.124 e. The zero-order valence-corrected chi connectivity index (χ0v) is 19.8. The highest BCUT2D eigenvalue weighted by molar-refractivity contribution is 7.19. The van der Waals surface area contributed by atoms with Crippen LogP contribution in [0.1, 0.15) is 67.8 Å². The predicted octanol–water partition coefficient (Wildman–Crippen LogP) is 7.12. The summed E-state index contributed by atoms with van der Waals surface area (Å²) in [6.45, 7) is 16.6. The van der Waals surface area contributed by atoms with Crippen LogP contribution in [0.25, 0.3) is 21.9 Å². The first-order valence-electron chi connectivity index (χ1n) is 11.5. The van der Waals surface area contributed by atoms with Gasteiger partial charge in [0, 0.05) is 24.4 Å². The Labute approximate surface area is 189 Å². The average molecular weight is 427 g/mol. The van der Waals surface area contributed by atoms with E-state index in [1.807, 2.05) is 0 Å². The normalized spacial score (nSPS) is 21.0. The lowest BCUT2D eigenvalue weighted by Gasteiger charge is -2.49. The van der Waals surface area contributed by atoms with Crippen LogP contribution in [0.4, 0.5) is 5.69 Å². The van der Waals surface area contributed by atoms with Crippen molar-refractivity contribution in [3.63, 3.8) is 0 Å². The minimum Gasteiger partial charge on any atom is -0.371 e. The molecule has 2 nitrogen and oxygen atoms in total. The summed E-state index contributed by atoms with van der Waals surface area (Å²) in [4.78, 5) is 7.62. The summed E-state index contributed by atoms with van der Waals surface area (Å²) >= 11 is 1.78. The topological polar surface area (TPSA) is 16.1 Å². The summed E-state index contributed by atoms with van der Waals surface area (Å²) < 4.78 is 1.25. The fourth-order valence-electron chi connectivity index (χ4n) is 5.82. The third kappa shape index (κ3) is 2.79. The molecule has 2 aromatic carbocycles. The van der Waals surface area contributed by atoms with E-state index in [1.54, 1.807) is 16.9 Å². The van der Waals surface area contributed by atoms with Crippen molar-refractivity contribution in [2.75, 3.05) is 18.0 Å². The van der Waals surface area contributed by atoms with Gasteiger partial charge < -0.3 is 4.90 Å². The number of para-hydroxylation sites is 1. The minimum atomic E-state index is 0.195. The molecule has 158 valence electrons. The van der Waals surface area contributed by atoms with Gasteiger partial charge in [-0.25, -0.2) is 4.98 Å². The Morgan fingerprint density at radius 3 is 2.55 bits per heavy atom. The number of hydrogen-bond donors (Lipinski definition) is 0. The molecule has 0 saturated heterocycles. The lowest BCUT2D eigenvalue weighted by Crippen LogP contribution is -2.45. The molecule has 0 spiro atoms. The van der Waals surface area contributed by atoms with Gasteiger partial charge in [-0.3, -0.25) is 0 Å². The van der Waals surface area contributed by atoms with Crippen LogP contribution in [0.5, 0.6) is 0 Å². The van der Waals surface area contributed by atoms with E-state index in [0.717, 1.165) is 16.9 Å². The van der Waals surface area contributed by atoms with Crippen LogP contribution in [0.15, 0.2) is 42.5 Å². The largest absolute Gasteiger partial charge is 0.371 e. The first-order valence-corrected chi connectivity index (χ1v) is 12.3. The van der Waals surface area contributed by atoms with E-state index in [4.69, 9.17) is 4.98 Å². The second-order valence-corrected chi connectivity index (χ2v) is 11.8. The lowest BCUT2D eigenvalue weighted by atomic mass is 9.66. The van der Waals surface area contributed by atoms with Gasteiger partial charge in [0.25, 0.3) is 0 Å². The van der Waals surface area contributed by atoms with E-state index in [2.05, 4.69) is 75.6 Å². The molecule has 3 aromatic rings. The van der Waals surface area contributed by atoms with Crippen LogP contribution in [0.2, 0.25) is 0 Å². The van der Waals surface area contributed by atoms with Crippen LogP contribution < -0.4 is 4.90 Å². The first-order chi connectivity index (χ1) is 14.7. The summed E-state index contributed by atoms with van der Waals surface area (Å²) in [6.07, 6.45) is 5.75. The van der Waals surface area contributed by atoms with Crippen molar-refractivity contribution in [2.24, 2.45) is 0 Å². The molecule has 0 unspecified atom stereocenters. The number of nitrogens with zero attached hydrogens (tertiary/aromatic N) is 2. The molecule has 0 amide bonds. The Kier molecular flexibility index (Phi) is 3.94. The maximum atomic E-state index is 4.95. The van der Waals surface area contributed by atoms with E-state index in [-0.39, 0.29) is 10.8 Å². The van der Waals surface area contributed by atoms with Gasteiger partial charge in [-0.2, -0.15) is 0 Å². The van der Waals surface area contributed by atoms with Gasteiger partial charge in [-0.15, -0.1) is 11.3 Å². The molecular formula is C28H30N2S. The Bertz CT molecular complexity index is 1250. The number of hydrogen-bond acceptors (Lipinski definition) is 3. The highest BCUT2D eigenvalue weighted by Gasteiger charge is 2.42.